The Morgan fingerprint density at radius 2 is 2.12 bits per heavy atom. The van der Waals surface area contributed by atoms with E-state index in [1.54, 1.807) is 25.3 Å². The predicted octanol–water partition coefficient (Wildman–Crippen LogP) is 1.98. The topological polar surface area (TPSA) is 78.4 Å². The number of carboxylic acids is 1. The molecule has 0 fully saturated rings. The molecule has 2 amide bonds. The van der Waals surface area contributed by atoms with Gasteiger partial charge in [0.2, 0.25) is 0 Å². The Morgan fingerprint density at radius 1 is 1.44 bits per heavy atom. The standard InChI is InChI=1S/C10H14N2O3S/c1-6(2)8(9(13)14)12-10(15)11-7-3-4-16-5-7/h3-6,8H,1-2H3,(H,13,14)(H2,11,12,15)/t8-/m1/s1. The molecule has 1 aromatic rings. The number of urea groups is 1. The molecular weight excluding hydrogens is 228 g/mol. The monoisotopic (exact) mass is 242 g/mol. The first-order chi connectivity index (χ1) is 7.50. The van der Waals surface area contributed by atoms with Crippen molar-refractivity contribution in [2.75, 3.05) is 5.32 Å². The van der Waals surface area contributed by atoms with E-state index in [0.717, 1.165) is 0 Å². The lowest BCUT2D eigenvalue weighted by Crippen LogP contribution is -2.46. The van der Waals surface area contributed by atoms with Gasteiger partial charge in [0.05, 0.1) is 5.69 Å². The Balaban J connectivity index is 2.52. The van der Waals surface area contributed by atoms with Gasteiger partial charge in [0.1, 0.15) is 6.04 Å². The molecule has 0 spiro atoms. The summed E-state index contributed by atoms with van der Waals surface area (Å²) >= 11 is 1.45. The number of nitrogens with one attached hydrogen (secondary N) is 2. The molecule has 6 heteroatoms. The maximum atomic E-state index is 11.4. The molecule has 1 heterocycles. The number of thiophene rings is 1. The van der Waals surface area contributed by atoms with Gasteiger partial charge in [-0.3, -0.25) is 0 Å². The minimum absolute atomic E-state index is 0.161. The zero-order valence-electron chi connectivity index (χ0n) is 9.06. The molecule has 0 bridgehead atoms. The molecule has 0 unspecified atom stereocenters. The summed E-state index contributed by atoms with van der Waals surface area (Å²) in [6, 6.07) is 0.369. The molecule has 0 aromatic carbocycles. The molecule has 0 aliphatic rings. The lowest BCUT2D eigenvalue weighted by molar-refractivity contribution is -0.140. The van der Waals surface area contributed by atoms with Crippen molar-refractivity contribution in [2.45, 2.75) is 19.9 Å². The minimum Gasteiger partial charge on any atom is -0.480 e. The highest BCUT2D eigenvalue weighted by atomic mass is 32.1. The number of carboxylic acid groups (broad SMARTS) is 1. The van der Waals surface area contributed by atoms with Gasteiger partial charge >= 0.3 is 12.0 Å². The average molecular weight is 242 g/mol. The SMILES string of the molecule is CC(C)[C@@H](NC(=O)Nc1ccsc1)C(=O)O. The van der Waals surface area contributed by atoms with Crippen LogP contribution in [0.3, 0.4) is 0 Å². The molecule has 0 aliphatic carbocycles. The average Bonchev–Trinajstić information content (AvgIpc) is 2.65. The summed E-state index contributed by atoms with van der Waals surface area (Å²) in [7, 11) is 0. The number of anilines is 1. The molecule has 0 saturated heterocycles. The van der Waals surface area contributed by atoms with Crippen LogP contribution in [-0.2, 0) is 4.79 Å². The number of carbonyl (C=O) groups is 2. The summed E-state index contributed by atoms with van der Waals surface area (Å²) in [6.45, 7) is 3.48. The Morgan fingerprint density at radius 3 is 2.56 bits per heavy atom. The van der Waals surface area contributed by atoms with Crippen LogP contribution in [0.5, 0.6) is 0 Å². The number of rotatable bonds is 4. The van der Waals surface area contributed by atoms with Crippen LogP contribution in [0.25, 0.3) is 0 Å². The second-order valence-corrected chi connectivity index (χ2v) is 4.45. The molecule has 1 atom stereocenters. The molecule has 0 radical (unpaired) electrons. The van der Waals surface area contributed by atoms with Crippen LogP contribution >= 0.6 is 11.3 Å². The quantitative estimate of drug-likeness (QED) is 0.755. The third-order valence-corrected chi connectivity index (χ3v) is 2.68. The van der Waals surface area contributed by atoms with Gasteiger partial charge in [-0.1, -0.05) is 13.8 Å². The highest BCUT2D eigenvalue weighted by molar-refractivity contribution is 7.08. The fourth-order valence-electron chi connectivity index (χ4n) is 1.16. The van der Waals surface area contributed by atoms with Gasteiger partial charge in [-0.25, -0.2) is 9.59 Å². The maximum absolute atomic E-state index is 11.4. The molecule has 1 rings (SSSR count). The smallest absolute Gasteiger partial charge is 0.326 e. The van der Waals surface area contributed by atoms with Gasteiger partial charge in [-0.15, -0.1) is 0 Å². The van der Waals surface area contributed by atoms with Gasteiger partial charge in [-0.05, 0) is 17.4 Å². The summed E-state index contributed by atoms with van der Waals surface area (Å²) in [5.74, 6) is -1.19. The lowest BCUT2D eigenvalue weighted by Gasteiger charge is -2.17. The highest BCUT2D eigenvalue weighted by Crippen LogP contribution is 2.11. The Kier molecular flexibility index (Phi) is 4.30. The van der Waals surface area contributed by atoms with Crippen LogP contribution in [0, 0.1) is 5.92 Å². The molecule has 1 aromatic heterocycles. The zero-order chi connectivity index (χ0) is 12.1. The van der Waals surface area contributed by atoms with Gasteiger partial charge in [-0.2, -0.15) is 11.3 Å². The first-order valence-corrected chi connectivity index (χ1v) is 5.77. The predicted molar refractivity (Wildman–Crippen MR) is 62.7 cm³/mol. The summed E-state index contributed by atoms with van der Waals surface area (Å²) in [5.41, 5.74) is 0.662. The van der Waals surface area contributed by atoms with Gasteiger partial charge in [0.25, 0.3) is 0 Å². The van der Waals surface area contributed by atoms with Crippen molar-refractivity contribution >= 4 is 29.0 Å². The Bertz CT molecular complexity index is 362. The van der Waals surface area contributed by atoms with Crippen LogP contribution in [-0.4, -0.2) is 23.1 Å². The molecule has 3 N–H and O–H groups in total. The second-order valence-electron chi connectivity index (χ2n) is 3.67. The van der Waals surface area contributed by atoms with Crippen molar-refractivity contribution in [3.8, 4) is 0 Å². The van der Waals surface area contributed by atoms with Crippen molar-refractivity contribution in [2.24, 2.45) is 5.92 Å². The maximum Gasteiger partial charge on any atom is 0.326 e. The molecular formula is C10H14N2O3S. The summed E-state index contributed by atoms with van der Waals surface area (Å²) in [6.07, 6.45) is 0. The van der Waals surface area contributed by atoms with E-state index >= 15 is 0 Å². The first-order valence-electron chi connectivity index (χ1n) is 4.83. The normalized spacial score (nSPS) is 12.2. The van der Waals surface area contributed by atoms with E-state index in [9.17, 15) is 9.59 Å². The summed E-state index contributed by atoms with van der Waals surface area (Å²) < 4.78 is 0. The highest BCUT2D eigenvalue weighted by Gasteiger charge is 2.23. The number of carbonyl (C=O) groups excluding carboxylic acids is 1. The molecule has 88 valence electrons. The lowest BCUT2D eigenvalue weighted by atomic mass is 10.1. The largest absolute Gasteiger partial charge is 0.480 e. The van der Waals surface area contributed by atoms with Crippen LogP contribution < -0.4 is 10.6 Å². The van der Waals surface area contributed by atoms with E-state index in [2.05, 4.69) is 10.6 Å². The summed E-state index contributed by atoms with van der Waals surface area (Å²) in [4.78, 5) is 22.3. The van der Waals surface area contributed by atoms with Crippen molar-refractivity contribution in [3.63, 3.8) is 0 Å². The van der Waals surface area contributed by atoms with Crippen LogP contribution in [0.1, 0.15) is 13.8 Å². The fraction of sp³-hybridized carbons (Fsp3) is 0.400. The van der Waals surface area contributed by atoms with Crippen molar-refractivity contribution in [3.05, 3.63) is 16.8 Å². The fourth-order valence-corrected chi connectivity index (χ4v) is 1.75. The van der Waals surface area contributed by atoms with Crippen LogP contribution in [0.4, 0.5) is 10.5 Å². The van der Waals surface area contributed by atoms with E-state index < -0.39 is 18.0 Å². The van der Waals surface area contributed by atoms with E-state index in [-0.39, 0.29) is 5.92 Å². The Hall–Kier alpha value is -1.56. The van der Waals surface area contributed by atoms with Crippen molar-refractivity contribution in [1.29, 1.82) is 0 Å². The third kappa shape index (κ3) is 3.54. The number of aliphatic carboxylic acids is 1. The molecule has 5 nitrogen and oxygen atoms in total. The Labute approximate surface area is 97.5 Å². The van der Waals surface area contributed by atoms with Crippen molar-refractivity contribution < 1.29 is 14.7 Å². The number of amides is 2. The minimum atomic E-state index is -1.03. The summed E-state index contributed by atoms with van der Waals surface area (Å²) in [5, 5.41) is 17.4. The number of hydrogen-bond acceptors (Lipinski definition) is 3. The molecule has 16 heavy (non-hydrogen) atoms. The van der Waals surface area contributed by atoms with E-state index in [1.165, 1.54) is 11.3 Å². The van der Waals surface area contributed by atoms with E-state index in [4.69, 9.17) is 5.11 Å². The molecule has 0 saturated carbocycles. The van der Waals surface area contributed by atoms with Crippen LogP contribution in [0.15, 0.2) is 16.8 Å². The zero-order valence-corrected chi connectivity index (χ0v) is 9.88. The van der Waals surface area contributed by atoms with Gasteiger partial charge in [0, 0.05) is 5.38 Å². The van der Waals surface area contributed by atoms with Gasteiger partial charge in [0.15, 0.2) is 0 Å². The number of hydrogen-bond donors (Lipinski definition) is 3. The van der Waals surface area contributed by atoms with E-state index in [1.807, 2.05) is 5.38 Å². The molecule has 0 aliphatic heterocycles. The third-order valence-electron chi connectivity index (χ3n) is 2.00. The second kappa shape index (κ2) is 5.50. The first kappa shape index (κ1) is 12.5. The van der Waals surface area contributed by atoms with Gasteiger partial charge < -0.3 is 15.7 Å². The van der Waals surface area contributed by atoms with Crippen molar-refractivity contribution in [1.82, 2.24) is 5.32 Å². The van der Waals surface area contributed by atoms with E-state index in [0.29, 0.717) is 5.69 Å². The van der Waals surface area contributed by atoms with Crippen LogP contribution in [0.2, 0.25) is 0 Å².